The third kappa shape index (κ3) is 1.98. The molecule has 0 spiro atoms. The largest absolute Gasteiger partial charge is 0.461 e. The number of furan rings is 1. The van der Waals surface area contributed by atoms with Crippen molar-refractivity contribution in [1.29, 1.82) is 0 Å². The van der Waals surface area contributed by atoms with Crippen LogP contribution in [0.1, 0.15) is 23.0 Å². The molecule has 102 valence electrons. The topological polar surface area (TPSA) is 33.4 Å². The summed E-state index contributed by atoms with van der Waals surface area (Å²) in [5.41, 5.74) is 1.16. The molecule has 4 heteroatoms. The fraction of sp³-hybridized carbons (Fsp3) is 0.125. The van der Waals surface area contributed by atoms with Crippen molar-refractivity contribution in [3.63, 3.8) is 0 Å². The van der Waals surface area contributed by atoms with E-state index in [2.05, 4.69) is 0 Å². The maximum Gasteiger partial charge on any atom is 0.134 e. The number of rotatable bonds is 2. The first-order valence-electron chi connectivity index (χ1n) is 6.19. The second-order valence-electron chi connectivity index (χ2n) is 4.64. The van der Waals surface area contributed by atoms with E-state index >= 15 is 0 Å². The van der Waals surface area contributed by atoms with Crippen molar-refractivity contribution in [1.82, 2.24) is 0 Å². The molecule has 0 saturated carbocycles. The first kappa shape index (κ1) is 12.8. The highest BCUT2D eigenvalue weighted by molar-refractivity contribution is 5.83. The maximum atomic E-state index is 13.8. The van der Waals surface area contributed by atoms with Crippen LogP contribution in [0.5, 0.6) is 0 Å². The number of halogens is 2. The molecule has 0 saturated heterocycles. The Bertz CT molecular complexity index is 777. The number of aliphatic hydroxyl groups excluding tert-OH is 1. The summed E-state index contributed by atoms with van der Waals surface area (Å²) in [5, 5.41) is 11.1. The van der Waals surface area contributed by atoms with Crippen LogP contribution in [-0.2, 0) is 0 Å². The molecule has 0 aliphatic rings. The summed E-state index contributed by atoms with van der Waals surface area (Å²) in [7, 11) is 0. The van der Waals surface area contributed by atoms with Gasteiger partial charge in [0.25, 0.3) is 0 Å². The summed E-state index contributed by atoms with van der Waals surface area (Å²) >= 11 is 0. The van der Waals surface area contributed by atoms with Crippen LogP contribution >= 0.6 is 0 Å². The van der Waals surface area contributed by atoms with Crippen LogP contribution in [0.4, 0.5) is 8.78 Å². The standard InChI is InChI=1S/C16H12F2O2/c1-9-15(12-4-2-3-5-14(12)20-9)16(19)11-7-6-10(17)8-13(11)18/h2-8,16,19H,1H3. The van der Waals surface area contributed by atoms with E-state index < -0.39 is 17.7 Å². The molecular formula is C16H12F2O2. The first-order valence-corrected chi connectivity index (χ1v) is 6.19. The van der Waals surface area contributed by atoms with Gasteiger partial charge in [0.05, 0.1) is 0 Å². The lowest BCUT2D eigenvalue weighted by atomic mass is 9.98. The molecule has 1 heterocycles. The van der Waals surface area contributed by atoms with Gasteiger partial charge in [-0.15, -0.1) is 0 Å². The molecular weight excluding hydrogens is 262 g/mol. The average molecular weight is 274 g/mol. The predicted octanol–water partition coefficient (Wildman–Crippen LogP) is 4.10. The summed E-state index contributed by atoms with van der Waals surface area (Å²) in [6.07, 6.45) is -1.20. The van der Waals surface area contributed by atoms with Gasteiger partial charge in [-0.05, 0) is 19.1 Å². The Kier molecular flexibility index (Phi) is 3.03. The van der Waals surface area contributed by atoms with Gasteiger partial charge in [-0.1, -0.05) is 24.3 Å². The molecule has 0 aliphatic carbocycles. The molecule has 3 rings (SSSR count). The second kappa shape index (κ2) is 4.72. The highest BCUT2D eigenvalue weighted by atomic mass is 19.1. The molecule has 20 heavy (non-hydrogen) atoms. The Balaban J connectivity index is 2.17. The van der Waals surface area contributed by atoms with Gasteiger partial charge in [-0.25, -0.2) is 8.78 Å². The van der Waals surface area contributed by atoms with Crippen molar-refractivity contribution < 1.29 is 18.3 Å². The zero-order valence-electron chi connectivity index (χ0n) is 10.7. The van der Waals surface area contributed by atoms with Crippen LogP contribution in [0.15, 0.2) is 46.9 Å². The van der Waals surface area contributed by atoms with Crippen molar-refractivity contribution in [2.75, 3.05) is 0 Å². The lowest BCUT2D eigenvalue weighted by Gasteiger charge is -2.12. The van der Waals surface area contributed by atoms with Crippen molar-refractivity contribution in [2.45, 2.75) is 13.0 Å². The molecule has 0 fully saturated rings. The first-order chi connectivity index (χ1) is 9.58. The Morgan fingerprint density at radius 3 is 2.60 bits per heavy atom. The van der Waals surface area contributed by atoms with Crippen LogP contribution < -0.4 is 0 Å². The van der Waals surface area contributed by atoms with Gasteiger partial charge in [-0.2, -0.15) is 0 Å². The van der Waals surface area contributed by atoms with Gasteiger partial charge in [0, 0.05) is 22.6 Å². The smallest absolute Gasteiger partial charge is 0.134 e. The molecule has 0 radical (unpaired) electrons. The van der Waals surface area contributed by atoms with Crippen molar-refractivity contribution in [2.24, 2.45) is 0 Å². The quantitative estimate of drug-likeness (QED) is 0.763. The fourth-order valence-corrected chi connectivity index (χ4v) is 2.41. The van der Waals surface area contributed by atoms with Gasteiger partial charge in [0.2, 0.25) is 0 Å². The van der Waals surface area contributed by atoms with E-state index in [0.717, 1.165) is 17.5 Å². The van der Waals surface area contributed by atoms with Gasteiger partial charge in [0.1, 0.15) is 29.1 Å². The lowest BCUT2D eigenvalue weighted by molar-refractivity contribution is 0.213. The molecule has 3 aromatic rings. The molecule has 1 N–H and O–H groups in total. The van der Waals surface area contributed by atoms with E-state index in [1.54, 1.807) is 19.1 Å². The lowest BCUT2D eigenvalue weighted by Crippen LogP contribution is -2.03. The minimum Gasteiger partial charge on any atom is -0.461 e. The molecule has 2 aromatic carbocycles. The van der Waals surface area contributed by atoms with Crippen LogP contribution in [0, 0.1) is 18.6 Å². The Morgan fingerprint density at radius 2 is 1.85 bits per heavy atom. The summed E-state index contributed by atoms with van der Waals surface area (Å²) in [5.74, 6) is -0.933. The summed E-state index contributed by atoms with van der Waals surface area (Å²) < 4.78 is 32.3. The third-order valence-electron chi connectivity index (χ3n) is 3.35. The summed E-state index contributed by atoms with van der Waals surface area (Å²) in [6, 6.07) is 10.3. The SMILES string of the molecule is Cc1oc2ccccc2c1C(O)c1ccc(F)cc1F. The zero-order valence-corrected chi connectivity index (χ0v) is 10.7. The van der Waals surface area contributed by atoms with E-state index in [1.165, 1.54) is 6.07 Å². The van der Waals surface area contributed by atoms with E-state index in [0.29, 0.717) is 16.9 Å². The molecule has 1 atom stereocenters. The Labute approximate surface area is 114 Å². The van der Waals surface area contributed by atoms with Gasteiger partial charge in [-0.3, -0.25) is 0 Å². The van der Waals surface area contributed by atoms with Crippen LogP contribution in [0.3, 0.4) is 0 Å². The number of hydrogen-bond donors (Lipinski definition) is 1. The minimum atomic E-state index is -1.20. The van der Waals surface area contributed by atoms with E-state index in [9.17, 15) is 13.9 Å². The molecule has 0 aliphatic heterocycles. The van der Waals surface area contributed by atoms with Crippen LogP contribution in [0.2, 0.25) is 0 Å². The van der Waals surface area contributed by atoms with Gasteiger partial charge < -0.3 is 9.52 Å². The highest BCUT2D eigenvalue weighted by Crippen LogP contribution is 2.34. The highest BCUT2D eigenvalue weighted by Gasteiger charge is 2.22. The number of hydrogen-bond acceptors (Lipinski definition) is 2. The van der Waals surface area contributed by atoms with Crippen LogP contribution in [0.25, 0.3) is 11.0 Å². The monoisotopic (exact) mass is 274 g/mol. The molecule has 1 aromatic heterocycles. The number of para-hydroxylation sites is 1. The minimum absolute atomic E-state index is 0.0288. The number of aryl methyl sites for hydroxylation is 1. The maximum absolute atomic E-state index is 13.8. The van der Waals surface area contributed by atoms with E-state index in [-0.39, 0.29) is 5.56 Å². The third-order valence-corrected chi connectivity index (χ3v) is 3.35. The summed E-state index contributed by atoms with van der Waals surface area (Å²) in [6.45, 7) is 1.71. The van der Waals surface area contributed by atoms with Crippen molar-refractivity contribution >= 4 is 11.0 Å². The zero-order chi connectivity index (χ0) is 14.3. The predicted molar refractivity (Wildman–Crippen MR) is 71.4 cm³/mol. The molecule has 0 amide bonds. The van der Waals surface area contributed by atoms with E-state index in [1.807, 2.05) is 12.1 Å². The number of benzene rings is 2. The van der Waals surface area contributed by atoms with Gasteiger partial charge in [0.15, 0.2) is 0 Å². The fourth-order valence-electron chi connectivity index (χ4n) is 2.41. The second-order valence-corrected chi connectivity index (χ2v) is 4.64. The molecule has 2 nitrogen and oxygen atoms in total. The number of fused-ring (bicyclic) bond motifs is 1. The number of aliphatic hydroxyl groups is 1. The molecule has 1 unspecified atom stereocenters. The van der Waals surface area contributed by atoms with E-state index in [4.69, 9.17) is 4.42 Å². The van der Waals surface area contributed by atoms with Gasteiger partial charge >= 0.3 is 0 Å². The Hall–Kier alpha value is -2.20. The Morgan fingerprint density at radius 1 is 1.10 bits per heavy atom. The molecule has 0 bridgehead atoms. The normalized spacial score (nSPS) is 12.8. The van der Waals surface area contributed by atoms with Crippen molar-refractivity contribution in [3.8, 4) is 0 Å². The van der Waals surface area contributed by atoms with Crippen LogP contribution in [-0.4, -0.2) is 5.11 Å². The van der Waals surface area contributed by atoms with Crippen molar-refractivity contribution in [3.05, 3.63) is 71.0 Å². The average Bonchev–Trinajstić information content (AvgIpc) is 2.73. The summed E-state index contributed by atoms with van der Waals surface area (Å²) in [4.78, 5) is 0.